The second-order valence-corrected chi connectivity index (χ2v) is 8.18. The van der Waals surface area contributed by atoms with Crippen LogP contribution < -0.4 is 5.32 Å². The number of carbonyl (C=O) groups excluding carboxylic acids is 2. The quantitative estimate of drug-likeness (QED) is 0.808. The molecular weight excluding hydrogens is 328 g/mol. The zero-order valence-electron chi connectivity index (χ0n) is 16.3. The standard InChI is InChI=1S/C20H28N4O2/c1-12-9-13(2)24(23-12)8-6-7-21-19(26)18-14(3)17-15(22-18)10-20(4,5)11-16(17)25/h9,22H,6-8,10-11H2,1-5H3,(H,21,26). The molecule has 0 fully saturated rings. The summed E-state index contributed by atoms with van der Waals surface area (Å²) in [5.74, 6) is -0.00977. The molecule has 0 aromatic carbocycles. The van der Waals surface area contributed by atoms with Gasteiger partial charge in [0.05, 0.1) is 5.69 Å². The molecule has 26 heavy (non-hydrogen) atoms. The van der Waals surface area contributed by atoms with E-state index in [1.54, 1.807) is 0 Å². The molecule has 140 valence electrons. The smallest absolute Gasteiger partial charge is 0.268 e. The van der Waals surface area contributed by atoms with Crippen LogP contribution in [0.3, 0.4) is 0 Å². The van der Waals surface area contributed by atoms with Crippen molar-refractivity contribution in [3.05, 3.63) is 40.0 Å². The van der Waals surface area contributed by atoms with E-state index >= 15 is 0 Å². The van der Waals surface area contributed by atoms with Crippen LogP contribution in [-0.2, 0) is 13.0 Å². The molecule has 2 aromatic rings. The Morgan fingerprint density at radius 2 is 2.04 bits per heavy atom. The first-order chi connectivity index (χ1) is 12.2. The summed E-state index contributed by atoms with van der Waals surface area (Å²) in [5.41, 5.74) is 4.99. The van der Waals surface area contributed by atoms with Gasteiger partial charge in [0.1, 0.15) is 5.69 Å². The number of aromatic amines is 1. The number of nitrogens with one attached hydrogen (secondary N) is 2. The number of hydrogen-bond acceptors (Lipinski definition) is 3. The summed E-state index contributed by atoms with van der Waals surface area (Å²) < 4.78 is 1.96. The largest absolute Gasteiger partial charge is 0.354 e. The van der Waals surface area contributed by atoms with E-state index in [0.717, 1.165) is 47.6 Å². The minimum atomic E-state index is -0.143. The maximum Gasteiger partial charge on any atom is 0.268 e. The number of carbonyl (C=O) groups is 2. The molecule has 0 unspecified atom stereocenters. The van der Waals surface area contributed by atoms with Crippen molar-refractivity contribution in [3.63, 3.8) is 0 Å². The second-order valence-electron chi connectivity index (χ2n) is 8.18. The highest BCUT2D eigenvalue weighted by Crippen LogP contribution is 2.36. The van der Waals surface area contributed by atoms with Gasteiger partial charge in [-0.15, -0.1) is 0 Å². The third-order valence-corrected chi connectivity index (χ3v) is 5.06. The number of amides is 1. The van der Waals surface area contributed by atoms with E-state index in [1.807, 2.05) is 31.5 Å². The number of nitrogens with zero attached hydrogens (tertiary/aromatic N) is 2. The van der Waals surface area contributed by atoms with Gasteiger partial charge < -0.3 is 10.3 Å². The fourth-order valence-corrected chi connectivity index (χ4v) is 3.88. The third-order valence-electron chi connectivity index (χ3n) is 5.06. The molecule has 6 heteroatoms. The van der Waals surface area contributed by atoms with Gasteiger partial charge in [-0.3, -0.25) is 14.3 Å². The van der Waals surface area contributed by atoms with Crippen LogP contribution in [0.2, 0.25) is 0 Å². The van der Waals surface area contributed by atoms with E-state index < -0.39 is 0 Å². The van der Waals surface area contributed by atoms with Crippen LogP contribution in [-0.4, -0.2) is 33.0 Å². The van der Waals surface area contributed by atoms with Gasteiger partial charge in [-0.1, -0.05) is 13.8 Å². The van der Waals surface area contributed by atoms with Gasteiger partial charge in [-0.2, -0.15) is 5.10 Å². The third kappa shape index (κ3) is 3.59. The van der Waals surface area contributed by atoms with Gasteiger partial charge in [0.2, 0.25) is 0 Å². The van der Waals surface area contributed by atoms with Gasteiger partial charge >= 0.3 is 0 Å². The van der Waals surface area contributed by atoms with E-state index in [9.17, 15) is 9.59 Å². The Bertz CT molecular complexity index is 858. The van der Waals surface area contributed by atoms with Crippen molar-refractivity contribution in [1.82, 2.24) is 20.1 Å². The van der Waals surface area contributed by atoms with Crippen molar-refractivity contribution in [1.29, 1.82) is 0 Å². The van der Waals surface area contributed by atoms with Gasteiger partial charge in [0.25, 0.3) is 5.91 Å². The Labute approximate surface area is 154 Å². The van der Waals surface area contributed by atoms with Crippen LogP contribution in [0.1, 0.15) is 70.2 Å². The number of fused-ring (bicyclic) bond motifs is 1. The van der Waals surface area contributed by atoms with Gasteiger partial charge in [0, 0.05) is 36.5 Å². The Kier molecular flexibility index (Phi) is 4.78. The lowest BCUT2D eigenvalue weighted by Gasteiger charge is -2.28. The van der Waals surface area contributed by atoms with Crippen molar-refractivity contribution < 1.29 is 9.59 Å². The monoisotopic (exact) mass is 356 g/mol. The van der Waals surface area contributed by atoms with E-state index in [2.05, 4.69) is 29.2 Å². The summed E-state index contributed by atoms with van der Waals surface area (Å²) in [5, 5.41) is 7.38. The normalized spacial score (nSPS) is 15.8. The summed E-state index contributed by atoms with van der Waals surface area (Å²) in [7, 11) is 0. The van der Waals surface area contributed by atoms with E-state index in [4.69, 9.17) is 0 Å². The Hall–Kier alpha value is -2.37. The first kappa shape index (κ1) is 18.4. The maximum absolute atomic E-state index is 12.6. The van der Waals surface area contributed by atoms with Gasteiger partial charge in [0.15, 0.2) is 5.78 Å². The Morgan fingerprint density at radius 3 is 2.69 bits per heavy atom. The molecule has 0 saturated heterocycles. The van der Waals surface area contributed by atoms with Crippen LogP contribution >= 0.6 is 0 Å². The molecule has 0 saturated carbocycles. The average molecular weight is 356 g/mol. The van der Waals surface area contributed by atoms with E-state index in [1.165, 1.54) is 0 Å². The predicted molar refractivity (Wildman–Crippen MR) is 101 cm³/mol. The Balaban J connectivity index is 1.62. The number of rotatable bonds is 5. The predicted octanol–water partition coefficient (Wildman–Crippen LogP) is 3.11. The molecule has 6 nitrogen and oxygen atoms in total. The molecule has 0 radical (unpaired) electrons. The van der Waals surface area contributed by atoms with Gasteiger partial charge in [-0.25, -0.2) is 0 Å². The van der Waals surface area contributed by atoms with Crippen LogP contribution in [0, 0.1) is 26.2 Å². The summed E-state index contributed by atoms with van der Waals surface area (Å²) in [4.78, 5) is 28.2. The minimum Gasteiger partial charge on any atom is -0.354 e. The topological polar surface area (TPSA) is 79.8 Å². The molecule has 1 aliphatic carbocycles. The summed E-state index contributed by atoms with van der Waals surface area (Å²) in [6.07, 6.45) is 2.13. The minimum absolute atomic E-state index is 0.0606. The summed E-state index contributed by atoms with van der Waals surface area (Å²) >= 11 is 0. The maximum atomic E-state index is 12.6. The fraction of sp³-hybridized carbons (Fsp3) is 0.550. The molecule has 2 aromatic heterocycles. The zero-order valence-corrected chi connectivity index (χ0v) is 16.3. The van der Waals surface area contributed by atoms with E-state index in [-0.39, 0.29) is 17.1 Å². The Morgan fingerprint density at radius 1 is 1.31 bits per heavy atom. The van der Waals surface area contributed by atoms with Crippen molar-refractivity contribution in [3.8, 4) is 0 Å². The van der Waals surface area contributed by atoms with Crippen LogP contribution in [0.15, 0.2) is 6.07 Å². The molecule has 1 amide bonds. The summed E-state index contributed by atoms with van der Waals surface area (Å²) in [6, 6.07) is 2.05. The van der Waals surface area contributed by atoms with Crippen molar-refractivity contribution in [2.24, 2.45) is 5.41 Å². The average Bonchev–Trinajstić information content (AvgIpc) is 3.01. The lowest BCUT2D eigenvalue weighted by Crippen LogP contribution is -2.26. The number of hydrogen-bond donors (Lipinski definition) is 2. The van der Waals surface area contributed by atoms with Crippen LogP contribution in [0.4, 0.5) is 0 Å². The first-order valence-electron chi connectivity index (χ1n) is 9.22. The molecule has 0 spiro atoms. The highest BCUT2D eigenvalue weighted by molar-refractivity contribution is 6.04. The first-order valence-corrected chi connectivity index (χ1v) is 9.22. The lowest BCUT2D eigenvalue weighted by atomic mass is 9.75. The molecule has 3 rings (SSSR count). The zero-order chi connectivity index (χ0) is 19.1. The summed E-state index contributed by atoms with van der Waals surface area (Å²) in [6.45, 7) is 11.4. The van der Waals surface area contributed by atoms with Crippen molar-refractivity contribution in [2.45, 2.75) is 60.4 Å². The molecule has 2 heterocycles. The number of ketones is 1. The fourth-order valence-electron chi connectivity index (χ4n) is 3.88. The number of Topliss-reactive ketones (excluding diaryl/α,β-unsaturated/α-hetero) is 1. The SMILES string of the molecule is Cc1cc(C)n(CCCNC(=O)c2[nH]c3c(c2C)C(=O)CC(C)(C)C3)n1. The van der Waals surface area contributed by atoms with E-state index in [0.29, 0.717) is 18.7 Å². The van der Waals surface area contributed by atoms with Gasteiger partial charge in [-0.05, 0) is 50.7 Å². The van der Waals surface area contributed by atoms with Crippen molar-refractivity contribution >= 4 is 11.7 Å². The highest BCUT2D eigenvalue weighted by atomic mass is 16.2. The molecular formula is C20H28N4O2. The molecule has 0 aliphatic heterocycles. The van der Waals surface area contributed by atoms with Crippen LogP contribution in [0.25, 0.3) is 0 Å². The molecule has 0 atom stereocenters. The number of aryl methyl sites for hydroxylation is 3. The number of H-pyrrole nitrogens is 1. The molecule has 1 aliphatic rings. The van der Waals surface area contributed by atoms with Crippen molar-refractivity contribution in [2.75, 3.05) is 6.54 Å². The number of aromatic nitrogens is 3. The molecule has 2 N–H and O–H groups in total. The lowest BCUT2D eigenvalue weighted by molar-refractivity contribution is 0.0909. The van der Waals surface area contributed by atoms with Crippen LogP contribution in [0.5, 0.6) is 0 Å². The molecule has 0 bridgehead atoms. The highest BCUT2D eigenvalue weighted by Gasteiger charge is 2.35. The second kappa shape index (κ2) is 6.74.